The maximum atomic E-state index is 11.6. The molecule has 1 aromatic rings. The lowest BCUT2D eigenvalue weighted by molar-refractivity contribution is -0.268. The molecule has 0 unspecified atom stereocenters. The molecule has 0 radical (unpaired) electrons. The molecule has 1 aromatic carbocycles. The lowest BCUT2D eigenvalue weighted by Crippen LogP contribution is -2.25. The van der Waals surface area contributed by atoms with Crippen LogP contribution in [0.5, 0.6) is 5.75 Å². The number of diazo groups is 1. The number of hydrogen-bond acceptors (Lipinski definition) is 4. The van der Waals surface area contributed by atoms with Gasteiger partial charge in [0.15, 0.2) is 4.98 Å². The van der Waals surface area contributed by atoms with Gasteiger partial charge in [0.2, 0.25) is 5.39 Å². The Balaban J connectivity index is 2.60. The van der Waals surface area contributed by atoms with Crippen molar-refractivity contribution < 1.29 is 9.90 Å². The zero-order valence-corrected chi connectivity index (χ0v) is 9.35. The lowest BCUT2D eigenvalue weighted by atomic mass is 10.1. The smallest absolute Gasteiger partial charge is 0.384 e. The van der Waals surface area contributed by atoms with Crippen LogP contribution in [0.25, 0.3) is 4.98 Å². The van der Waals surface area contributed by atoms with Crippen molar-refractivity contribution in [1.29, 1.82) is 5.39 Å². The quantitative estimate of drug-likeness (QED) is 0.578. The molecule has 0 atom stereocenters. The van der Waals surface area contributed by atoms with Crippen LogP contribution < -0.4 is 16.2 Å². The summed E-state index contributed by atoms with van der Waals surface area (Å²) in [5, 5.41) is 22.6. The first-order valence-corrected chi connectivity index (χ1v) is 5.33. The van der Waals surface area contributed by atoms with Crippen molar-refractivity contribution >= 4 is 11.6 Å². The van der Waals surface area contributed by atoms with Crippen molar-refractivity contribution in [1.82, 2.24) is 5.32 Å². The molecule has 1 rings (SSSR count). The number of rotatable bonds is 5. The van der Waals surface area contributed by atoms with E-state index in [1.807, 2.05) is 0 Å². The topological polar surface area (TPSA) is 106 Å². The van der Waals surface area contributed by atoms with Crippen LogP contribution in [0, 0.1) is 5.39 Å². The Hall–Kier alpha value is -2.13. The summed E-state index contributed by atoms with van der Waals surface area (Å²) < 4.78 is 0. The Morgan fingerprint density at radius 2 is 2.24 bits per heavy atom. The summed E-state index contributed by atoms with van der Waals surface area (Å²) in [6.07, 6.45) is 1.60. The lowest BCUT2D eigenvalue weighted by Gasteiger charge is -2.11. The molecule has 0 heterocycles. The first-order valence-electron chi connectivity index (χ1n) is 5.33. The number of benzene rings is 1. The zero-order chi connectivity index (χ0) is 12.7. The number of carbonyl (C=O) groups is 1. The van der Waals surface area contributed by atoms with Gasteiger partial charge in [-0.05, 0) is 25.5 Å². The van der Waals surface area contributed by atoms with Gasteiger partial charge in [-0.15, -0.1) is 0 Å². The minimum atomic E-state index is -0.461. The van der Waals surface area contributed by atoms with Crippen LogP contribution in [0.4, 0.5) is 5.69 Å². The van der Waals surface area contributed by atoms with Crippen molar-refractivity contribution in [2.75, 3.05) is 13.1 Å². The molecule has 6 nitrogen and oxygen atoms in total. The number of hydrogen-bond donors (Lipinski definition) is 2. The monoisotopic (exact) mass is 234 g/mol. The second-order valence-corrected chi connectivity index (χ2v) is 3.53. The largest absolute Gasteiger partial charge is 0.872 e. The number of unbranched alkanes of at least 4 members (excludes halogenated alkanes) is 1. The van der Waals surface area contributed by atoms with Gasteiger partial charge in [0.25, 0.3) is 5.91 Å². The van der Waals surface area contributed by atoms with Gasteiger partial charge in [0.05, 0.1) is 0 Å². The number of nitrogens with one attached hydrogen (secondary N) is 1. The van der Waals surface area contributed by atoms with E-state index in [9.17, 15) is 9.90 Å². The maximum absolute atomic E-state index is 11.6. The molecule has 90 valence electrons. The second kappa shape index (κ2) is 6.45. The molecule has 0 aliphatic rings. The molecule has 0 aliphatic carbocycles. The summed E-state index contributed by atoms with van der Waals surface area (Å²) in [4.78, 5) is 14.5. The summed E-state index contributed by atoms with van der Waals surface area (Å²) in [5.74, 6) is -0.881. The number of amides is 1. The number of nitrogens with zero attached hydrogens (tertiary/aromatic N) is 2. The standard InChI is InChI=1S/C11H14N4O2/c12-5-1-2-6-14-11(17)9-4-3-8(15-13)7-10(9)16/h3-4,7H,1-2,5-6,12H2,(H-,14,16,17). The molecule has 0 aliphatic heterocycles. The van der Waals surface area contributed by atoms with E-state index in [1.54, 1.807) is 0 Å². The van der Waals surface area contributed by atoms with Crippen LogP contribution >= 0.6 is 0 Å². The molecular weight excluding hydrogens is 220 g/mol. The summed E-state index contributed by atoms with van der Waals surface area (Å²) in [6.45, 7) is 1.07. The molecule has 0 fully saturated rings. The van der Waals surface area contributed by atoms with Crippen LogP contribution in [0.2, 0.25) is 0 Å². The van der Waals surface area contributed by atoms with Gasteiger partial charge in [-0.2, -0.15) is 0 Å². The van der Waals surface area contributed by atoms with Crippen LogP contribution in [0.1, 0.15) is 23.2 Å². The predicted molar refractivity (Wildman–Crippen MR) is 61.3 cm³/mol. The molecule has 3 N–H and O–H groups in total. The molecule has 0 bridgehead atoms. The molecule has 1 amide bonds. The second-order valence-electron chi connectivity index (χ2n) is 3.53. The average Bonchev–Trinajstić information content (AvgIpc) is 2.34. The van der Waals surface area contributed by atoms with Crippen LogP contribution in [-0.4, -0.2) is 19.0 Å². The van der Waals surface area contributed by atoms with E-state index in [4.69, 9.17) is 11.1 Å². The van der Waals surface area contributed by atoms with Crippen molar-refractivity contribution in [2.24, 2.45) is 5.73 Å². The Kier molecular flexibility index (Phi) is 4.91. The Bertz CT molecular complexity index is 440. The van der Waals surface area contributed by atoms with Crippen LogP contribution in [-0.2, 0) is 0 Å². The molecule has 0 spiro atoms. The van der Waals surface area contributed by atoms with E-state index < -0.39 is 11.7 Å². The normalized spacial score (nSPS) is 9.65. The third-order valence-electron chi connectivity index (χ3n) is 2.24. The minimum Gasteiger partial charge on any atom is -0.872 e. The molecular formula is C11H14N4O2. The average molecular weight is 234 g/mol. The third kappa shape index (κ3) is 3.74. The minimum absolute atomic E-state index is 0.0464. The Morgan fingerprint density at radius 3 is 2.82 bits per heavy atom. The van der Waals surface area contributed by atoms with Gasteiger partial charge < -0.3 is 16.2 Å². The van der Waals surface area contributed by atoms with Crippen molar-refractivity contribution in [3.05, 3.63) is 28.7 Å². The van der Waals surface area contributed by atoms with Gasteiger partial charge in [0, 0.05) is 24.2 Å². The predicted octanol–water partition coefficient (Wildman–Crippen LogP) is 0.713. The molecule has 0 saturated heterocycles. The van der Waals surface area contributed by atoms with Crippen molar-refractivity contribution in [2.45, 2.75) is 12.8 Å². The summed E-state index contributed by atoms with van der Waals surface area (Å²) >= 11 is 0. The van der Waals surface area contributed by atoms with E-state index >= 15 is 0 Å². The molecule has 0 saturated carbocycles. The van der Waals surface area contributed by atoms with Gasteiger partial charge in [-0.25, -0.2) is 0 Å². The highest BCUT2D eigenvalue weighted by Crippen LogP contribution is 2.21. The van der Waals surface area contributed by atoms with Gasteiger partial charge in [-0.3, -0.25) is 4.79 Å². The first-order chi connectivity index (χ1) is 8.19. The number of nitrogens with two attached hydrogens (primary N) is 1. The summed E-state index contributed by atoms with van der Waals surface area (Å²) in [7, 11) is 0. The van der Waals surface area contributed by atoms with Gasteiger partial charge in [-0.1, -0.05) is 5.75 Å². The fourth-order valence-electron chi connectivity index (χ4n) is 1.33. The third-order valence-corrected chi connectivity index (χ3v) is 2.24. The van der Waals surface area contributed by atoms with E-state index in [1.165, 1.54) is 12.1 Å². The Morgan fingerprint density at radius 1 is 1.47 bits per heavy atom. The van der Waals surface area contributed by atoms with Crippen LogP contribution in [0.3, 0.4) is 0 Å². The maximum Gasteiger partial charge on any atom is 0.384 e. The SMILES string of the molecule is N#[N+]c1ccc(C(=O)NCCCCN)c([O-])c1. The van der Waals surface area contributed by atoms with Crippen molar-refractivity contribution in [3.8, 4) is 5.75 Å². The fraction of sp³-hybridized carbons (Fsp3) is 0.364. The number of carbonyl (C=O) groups excluding carboxylic acids is 1. The van der Waals surface area contributed by atoms with E-state index in [2.05, 4.69) is 10.3 Å². The van der Waals surface area contributed by atoms with Crippen LogP contribution in [0.15, 0.2) is 18.2 Å². The Labute approximate surface area is 99.1 Å². The van der Waals surface area contributed by atoms with Gasteiger partial charge >= 0.3 is 5.69 Å². The summed E-state index contributed by atoms with van der Waals surface area (Å²) in [6, 6.07) is 3.85. The van der Waals surface area contributed by atoms with E-state index in [0.717, 1.165) is 18.9 Å². The molecule has 6 heteroatoms. The molecule has 0 aromatic heterocycles. The zero-order valence-electron chi connectivity index (χ0n) is 9.35. The highest BCUT2D eigenvalue weighted by Gasteiger charge is 2.10. The van der Waals surface area contributed by atoms with E-state index in [-0.39, 0.29) is 11.3 Å². The highest BCUT2D eigenvalue weighted by atomic mass is 16.3. The molecule has 17 heavy (non-hydrogen) atoms. The first kappa shape index (κ1) is 12.9. The van der Waals surface area contributed by atoms with Gasteiger partial charge in [0.1, 0.15) is 0 Å². The summed E-state index contributed by atoms with van der Waals surface area (Å²) in [5.41, 5.74) is 5.50. The highest BCUT2D eigenvalue weighted by molar-refractivity contribution is 5.97. The fourth-order valence-corrected chi connectivity index (χ4v) is 1.33. The van der Waals surface area contributed by atoms with Crippen molar-refractivity contribution in [3.63, 3.8) is 0 Å². The van der Waals surface area contributed by atoms with E-state index in [0.29, 0.717) is 13.1 Å².